The first-order valence-electron chi connectivity index (χ1n) is 6.98. The molecule has 0 radical (unpaired) electrons. The van der Waals surface area contributed by atoms with Crippen molar-refractivity contribution in [2.24, 2.45) is 5.73 Å². The zero-order valence-corrected chi connectivity index (χ0v) is 11.4. The fraction of sp³-hybridized carbons (Fsp3) is 0.533. The molecule has 1 fully saturated rings. The summed E-state index contributed by atoms with van der Waals surface area (Å²) < 4.78 is 0. The predicted molar refractivity (Wildman–Crippen MR) is 77.5 cm³/mol. The number of nitrogens with two attached hydrogens (primary N) is 1. The number of nitrogens with zero attached hydrogens (tertiary/aromatic N) is 2. The monoisotopic (exact) mass is 259 g/mol. The smallest absolute Gasteiger partial charge is 0.228 e. The van der Waals surface area contributed by atoms with Gasteiger partial charge in [-0.3, -0.25) is 4.79 Å². The lowest BCUT2D eigenvalue weighted by molar-refractivity contribution is -0.120. The van der Waals surface area contributed by atoms with Gasteiger partial charge in [0.25, 0.3) is 0 Å². The van der Waals surface area contributed by atoms with Crippen LogP contribution in [0, 0.1) is 0 Å². The molecule has 2 N–H and O–H groups in total. The molecule has 0 aromatic heterocycles. The fourth-order valence-corrected chi connectivity index (χ4v) is 2.97. The van der Waals surface area contributed by atoms with Gasteiger partial charge in [-0.15, -0.1) is 0 Å². The van der Waals surface area contributed by atoms with E-state index in [0.717, 1.165) is 43.7 Å². The second kappa shape index (κ2) is 4.53. The van der Waals surface area contributed by atoms with Crippen LogP contribution < -0.4 is 15.5 Å². The molecule has 1 aromatic carbocycles. The Balaban J connectivity index is 1.82. The van der Waals surface area contributed by atoms with Crippen molar-refractivity contribution in [1.29, 1.82) is 0 Å². The van der Waals surface area contributed by atoms with Crippen molar-refractivity contribution in [2.45, 2.75) is 31.2 Å². The highest BCUT2D eigenvalue weighted by Crippen LogP contribution is 2.36. The Hall–Kier alpha value is -1.55. The third-order valence-corrected chi connectivity index (χ3v) is 4.40. The van der Waals surface area contributed by atoms with Gasteiger partial charge in [-0.05, 0) is 31.4 Å². The second-order valence-electron chi connectivity index (χ2n) is 5.85. The van der Waals surface area contributed by atoms with Crippen molar-refractivity contribution in [3.05, 3.63) is 24.3 Å². The third-order valence-electron chi connectivity index (χ3n) is 4.40. The SMILES string of the molecule is CN1CCN(C(=O)CC2(N)CCC2)c2ccccc21. The number of amides is 1. The molecule has 4 nitrogen and oxygen atoms in total. The van der Waals surface area contributed by atoms with Gasteiger partial charge in [0.2, 0.25) is 5.91 Å². The van der Waals surface area contributed by atoms with E-state index in [1.54, 1.807) is 0 Å². The van der Waals surface area contributed by atoms with Gasteiger partial charge in [-0.25, -0.2) is 0 Å². The molecule has 0 saturated heterocycles. The summed E-state index contributed by atoms with van der Waals surface area (Å²) in [6.07, 6.45) is 3.59. The van der Waals surface area contributed by atoms with Gasteiger partial charge in [0.05, 0.1) is 11.4 Å². The van der Waals surface area contributed by atoms with Crippen molar-refractivity contribution in [2.75, 3.05) is 29.9 Å². The largest absolute Gasteiger partial charge is 0.371 e. The number of rotatable bonds is 2. The highest BCUT2D eigenvalue weighted by molar-refractivity contribution is 5.98. The standard InChI is InChI=1S/C15H21N3O/c1-17-9-10-18(13-6-3-2-5-12(13)17)14(19)11-15(16)7-4-8-15/h2-3,5-6H,4,7-11,16H2,1H3. The number of benzene rings is 1. The highest BCUT2D eigenvalue weighted by atomic mass is 16.2. The number of carbonyl (C=O) groups excluding carboxylic acids is 1. The van der Waals surface area contributed by atoms with E-state index in [1.807, 2.05) is 23.1 Å². The van der Waals surface area contributed by atoms with Gasteiger partial charge in [-0.1, -0.05) is 12.1 Å². The van der Waals surface area contributed by atoms with E-state index in [9.17, 15) is 4.79 Å². The zero-order valence-electron chi connectivity index (χ0n) is 11.4. The molecular formula is C15H21N3O. The predicted octanol–water partition coefficient (Wildman–Crippen LogP) is 1.74. The molecule has 1 aromatic rings. The molecule has 0 spiro atoms. The van der Waals surface area contributed by atoms with Gasteiger partial charge >= 0.3 is 0 Å². The number of hydrogen-bond acceptors (Lipinski definition) is 3. The Bertz CT molecular complexity index is 496. The molecule has 19 heavy (non-hydrogen) atoms. The number of para-hydroxylation sites is 2. The van der Waals surface area contributed by atoms with Gasteiger partial charge in [0.1, 0.15) is 0 Å². The van der Waals surface area contributed by atoms with Crippen molar-refractivity contribution in [3.63, 3.8) is 0 Å². The summed E-state index contributed by atoms with van der Waals surface area (Å²) in [6.45, 7) is 1.63. The van der Waals surface area contributed by atoms with Crippen LogP contribution in [-0.2, 0) is 4.79 Å². The molecule has 102 valence electrons. The third kappa shape index (κ3) is 2.21. The Labute approximate surface area is 114 Å². The minimum absolute atomic E-state index is 0.169. The Morgan fingerprint density at radius 2 is 1.95 bits per heavy atom. The van der Waals surface area contributed by atoms with Crippen LogP contribution in [0.4, 0.5) is 11.4 Å². The minimum atomic E-state index is -0.241. The minimum Gasteiger partial charge on any atom is -0.371 e. The number of fused-ring (bicyclic) bond motifs is 1. The van der Waals surface area contributed by atoms with Crippen LogP contribution in [0.1, 0.15) is 25.7 Å². The quantitative estimate of drug-likeness (QED) is 0.880. The lowest BCUT2D eigenvalue weighted by Crippen LogP contribution is -2.52. The van der Waals surface area contributed by atoms with Crippen molar-refractivity contribution < 1.29 is 4.79 Å². The summed E-state index contributed by atoms with van der Waals surface area (Å²) in [5.41, 5.74) is 8.10. The normalized spacial score (nSPS) is 20.7. The summed E-state index contributed by atoms with van der Waals surface area (Å²) in [7, 11) is 2.07. The summed E-state index contributed by atoms with van der Waals surface area (Å²) in [5.74, 6) is 0.169. The maximum absolute atomic E-state index is 12.5. The highest BCUT2D eigenvalue weighted by Gasteiger charge is 2.37. The Morgan fingerprint density at radius 3 is 2.58 bits per heavy atom. The molecule has 4 heteroatoms. The number of anilines is 2. The number of likely N-dealkylation sites (N-methyl/N-ethyl adjacent to an activating group) is 1. The molecule has 1 heterocycles. The van der Waals surface area contributed by atoms with Crippen molar-refractivity contribution in [1.82, 2.24) is 0 Å². The molecule has 2 aliphatic rings. The van der Waals surface area contributed by atoms with Crippen LogP contribution in [0.15, 0.2) is 24.3 Å². The topological polar surface area (TPSA) is 49.6 Å². The average molecular weight is 259 g/mol. The second-order valence-corrected chi connectivity index (χ2v) is 5.85. The zero-order chi connectivity index (χ0) is 13.5. The first kappa shape index (κ1) is 12.5. The van der Waals surface area contributed by atoms with Crippen LogP contribution in [0.2, 0.25) is 0 Å². The van der Waals surface area contributed by atoms with E-state index in [2.05, 4.69) is 18.0 Å². The first-order chi connectivity index (χ1) is 9.09. The van der Waals surface area contributed by atoms with Gasteiger partial charge in [-0.2, -0.15) is 0 Å². The van der Waals surface area contributed by atoms with E-state index < -0.39 is 0 Å². The van der Waals surface area contributed by atoms with Crippen LogP contribution >= 0.6 is 0 Å². The van der Waals surface area contributed by atoms with E-state index >= 15 is 0 Å². The first-order valence-corrected chi connectivity index (χ1v) is 6.98. The van der Waals surface area contributed by atoms with Crippen LogP contribution in [0.25, 0.3) is 0 Å². The van der Waals surface area contributed by atoms with Crippen molar-refractivity contribution >= 4 is 17.3 Å². The number of carbonyl (C=O) groups is 1. The Morgan fingerprint density at radius 1 is 1.26 bits per heavy atom. The summed E-state index contributed by atoms with van der Waals surface area (Å²) in [5, 5.41) is 0. The van der Waals surface area contributed by atoms with E-state index in [0.29, 0.717) is 6.42 Å². The van der Waals surface area contributed by atoms with Crippen LogP contribution in [0.5, 0.6) is 0 Å². The average Bonchev–Trinajstić information content (AvgIpc) is 2.37. The summed E-state index contributed by atoms with van der Waals surface area (Å²) in [4.78, 5) is 16.6. The van der Waals surface area contributed by atoms with Crippen molar-refractivity contribution in [3.8, 4) is 0 Å². The van der Waals surface area contributed by atoms with E-state index in [1.165, 1.54) is 0 Å². The fourth-order valence-electron chi connectivity index (χ4n) is 2.97. The lowest BCUT2D eigenvalue weighted by Gasteiger charge is -2.41. The molecule has 0 atom stereocenters. The molecule has 1 saturated carbocycles. The maximum Gasteiger partial charge on any atom is 0.228 e. The molecule has 1 aliphatic heterocycles. The van der Waals surface area contributed by atoms with E-state index in [-0.39, 0.29) is 11.4 Å². The summed E-state index contributed by atoms with van der Waals surface area (Å²) in [6, 6.07) is 8.09. The van der Waals surface area contributed by atoms with Crippen LogP contribution in [0.3, 0.4) is 0 Å². The molecular weight excluding hydrogens is 238 g/mol. The molecule has 3 rings (SSSR count). The van der Waals surface area contributed by atoms with Gasteiger partial charge in [0.15, 0.2) is 0 Å². The Kier molecular flexibility index (Phi) is 2.97. The maximum atomic E-state index is 12.5. The van der Waals surface area contributed by atoms with Crippen LogP contribution in [-0.4, -0.2) is 31.6 Å². The molecule has 1 amide bonds. The molecule has 1 aliphatic carbocycles. The van der Waals surface area contributed by atoms with E-state index in [4.69, 9.17) is 5.73 Å². The van der Waals surface area contributed by atoms with Gasteiger partial charge < -0.3 is 15.5 Å². The number of hydrogen-bond donors (Lipinski definition) is 1. The van der Waals surface area contributed by atoms with Gasteiger partial charge in [0, 0.05) is 32.1 Å². The molecule has 0 bridgehead atoms. The molecule has 0 unspecified atom stereocenters. The lowest BCUT2D eigenvalue weighted by atomic mass is 9.75. The summed E-state index contributed by atoms with van der Waals surface area (Å²) >= 11 is 0.